The van der Waals surface area contributed by atoms with Gasteiger partial charge in [-0.1, -0.05) is 29.8 Å². The molecular formula is C20H24ClFN2O4S. The molecule has 2 rings (SSSR count). The average Bonchev–Trinajstić information content (AvgIpc) is 2.65. The van der Waals surface area contributed by atoms with Crippen LogP contribution in [0.1, 0.15) is 18.4 Å². The normalized spacial score (nSPS) is 11.2. The molecule has 0 aliphatic rings. The highest BCUT2D eigenvalue weighted by molar-refractivity contribution is 7.92. The van der Waals surface area contributed by atoms with Gasteiger partial charge in [0.2, 0.25) is 15.9 Å². The number of nitrogens with one attached hydrogen (secondary N) is 1. The van der Waals surface area contributed by atoms with Crippen LogP contribution in [-0.2, 0) is 14.8 Å². The van der Waals surface area contributed by atoms with Crippen LogP contribution in [0, 0.1) is 12.7 Å². The molecule has 29 heavy (non-hydrogen) atoms. The minimum absolute atomic E-state index is 0.0773. The number of carbonyl (C=O) groups excluding carboxylic acids is 1. The molecule has 0 spiro atoms. The van der Waals surface area contributed by atoms with Crippen LogP contribution in [0.15, 0.2) is 42.5 Å². The third kappa shape index (κ3) is 7.21. The largest absolute Gasteiger partial charge is 0.491 e. The van der Waals surface area contributed by atoms with E-state index in [0.717, 1.165) is 27.9 Å². The van der Waals surface area contributed by atoms with E-state index in [-0.39, 0.29) is 29.6 Å². The van der Waals surface area contributed by atoms with Gasteiger partial charge in [-0.05, 0) is 43.2 Å². The van der Waals surface area contributed by atoms with E-state index in [0.29, 0.717) is 19.6 Å². The lowest BCUT2D eigenvalue weighted by Gasteiger charge is -2.22. The van der Waals surface area contributed by atoms with Crippen LogP contribution in [0.5, 0.6) is 5.75 Å². The quantitative estimate of drug-likeness (QED) is 0.571. The average molecular weight is 443 g/mol. The standard InChI is InChI=1S/C20H24ClFN2O4S/c1-15-6-3-4-7-19(15)28-13-11-23-20(25)8-5-12-24(29(2,26)27)16-9-10-18(22)17(21)14-16/h3-4,6-7,9-10,14H,5,8,11-13H2,1-2H3,(H,23,25). The van der Waals surface area contributed by atoms with E-state index >= 15 is 0 Å². The first-order valence-corrected chi connectivity index (χ1v) is 11.3. The topological polar surface area (TPSA) is 75.7 Å². The first-order valence-electron chi connectivity index (χ1n) is 9.06. The summed E-state index contributed by atoms with van der Waals surface area (Å²) in [6.45, 7) is 2.69. The van der Waals surface area contributed by atoms with Gasteiger partial charge in [0, 0.05) is 13.0 Å². The number of ether oxygens (including phenoxy) is 1. The van der Waals surface area contributed by atoms with Gasteiger partial charge in [-0.3, -0.25) is 9.10 Å². The maximum atomic E-state index is 13.3. The number of rotatable bonds is 10. The lowest BCUT2D eigenvalue weighted by molar-refractivity contribution is -0.121. The van der Waals surface area contributed by atoms with Crippen molar-refractivity contribution >= 4 is 33.2 Å². The molecule has 0 saturated heterocycles. The van der Waals surface area contributed by atoms with Crippen molar-refractivity contribution in [2.24, 2.45) is 0 Å². The van der Waals surface area contributed by atoms with Gasteiger partial charge in [-0.25, -0.2) is 12.8 Å². The summed E-state index contributed by atoms with van der Waals surface area (Å²) in [6, 6.07) is 11.3. The van der Waals surface area contributed by atoms with Crippen molar-refractivity contribution in [1.82, 2.24) is 5.32 Å². The summed E-state index contributed by atoms with van der Waals surface area (Å²) in [5.41, 5.74) is 1.27. The molecule has 2 aromatic carbocycles. The van der Waals surface area contributed by atoms with Gasteiger partial charge in [0.25, 0.3) is 0 Å². The molecule has 0 aromatic heterocycles. The summed E-state index contributed by atoms with van der Waals surface area (Å²) in [6.07, 6.45) is 1.49. The number of nitrogens with zero attached hydrogens (tertiary/aromatic N) is 1. The highest BCUT2D eigenvalue weighted by Crippen LogP contribution is 2.24. The van der Waals surface area contributed by atoms with E-state index in [4.69, 9.17) is 16.3 Å². The number of hydrogen-bond donors (Lipinski definition) is 1. The molecule has 0 atom stereocenters. The summed E-state index contributed by atoms with van der Waals surface area (Å²) >= 11 is 5.74. The van der Waals surface area contributed by atoms with Crippen molar-refractivity contribution in [2.75, 3.05) is 30.3 Å². The number of benzene rings is 2. The number of carbonyl (C=O) groups is 1. The molecule has 158 valence electrons. The smallest absolute Gasteiger partial charge is 0.232 e. The summed E-state index contributed by atoms with van der Waals surface area (Å²) in [4.78, 5) is 12.0. The van der Waals surface area contributed by atoms with Crippen LogP contribution in [0.3, 0.4) is 0 Å². The molecule has 0 unspecified atom stereocenters. The fraction of sp³-hybridized carbons (Fsp3) is 0.350. The summed E-state index contributed by atoms with van der Waals surface area (Å²) in [5.74, 6) is -0.0661. The Labute approximate surface area is 175 Å². The van der Waals surface area contributed by atoms with Crippen molar-refractivity contribution < 1.29 is 22.3 Å². The third-order valence-electron chi connectivity index (χ3n) is 4.13. The molecule has 0 bridgehead atoms. The van der Waals surface area contributed by atoms with Crippen LogP contribution in [0.4, 0.5) is 10.1 Å². The fourth-order valence-electron chi connectivity index (χ4n) is 2.67. The minimum atomic E-state index is -3.60. The second-order valence-corrected chi connectivity index (χ2v) is 8.82. The number of sulfonamides is 1. The van der Waals surface area contributed by atoms with Gasteiger partial charge in [0.15, 0.2) is 0 Å². The van der Waals surface area contributed by atoms with Crippen LogP contribution < -0.4 is 14.4 Å². The number of halogens is 2. The number of hydrogen-bond acceptors (Lipinski definition) is 4. The zero-order valence-corrected chi connectivity index (χ0v) is 17.9. The molecule has 0 radical (unpaired) electrons. The molecule has 6 nitrogen and oxygen atoms in total. The Kier molecular flexibility index (Phi) is 8.28. The van der Waals surface area contributed by atoms with Gasteiger partial charge in [0.05, 0.1) is 23.5 Å². The highest BCUT2D eigenvalue weighted by atomic mass is 35.5. The second-order valence-electron chi connectivity index (χ2n) is 6.50. The van der Waals surface area contributed by atoms with Crippen molar-refractivity contribution in [3.05, 3.63) is 58.9 Å². The third-order valence-corrected chi connectivity index (χ3v) is 5.62. The molecule has 2 aromatic rings. The molecule has 0 heterocycles. The van der Waals surface area contributed by atoms with Gasteiger partial charge in [0.1, 0.15) is 18.2 Å². The monoisotopic (exact) mass is 442 g/mol. The summed E-state index contributed by atoms with van der Waals surface area (Å²) < 4.78 is 44.1. The summed E-state index contributed by atoms with van der Waals surface area (Å²) in [7, 11) is -3.60. The van der Waals surface area contributed by atoms with E-state index in [1.807, 2.05) is 31.2 Å². The Bertz CT molecular complexity index is 953. The van der Waals surface area contributed by atoms with E-state index in [2.05, 4.69) is 5.32 Å². The zero-order valence-electron chi connectivity index (χ0n) is 16.3. The first kappa shape index (κ1) is 23.0. The summed E-state index contributed by atoms with van der Waals surface area (Å²) in [5, 5.41) is 2.57. The molecule has 0 saturated carbocycles. The Hall–Kier alpha value is -2.32. The Morgan fingerprint density at radius 1 is 1.24 bits per heavy atom. The van der Waals surface area contributed by atoms with Crippen LogP contribution in [0.25, 0.3) is 0 Å². The van der Waals surface area contributed by atoms with E-state index in [1.54, 1.807) is 0 Å². The van der Waals surface area contributed by atoms with Crippen molar-refractivity contribution in [3.63, 3.8) is 0 Å². The molecule has 0 fully saturated rings. The molecule has 1 N–H and O–H groups in total. The van der Waals surface area contributed by atoms with Gasteiger partial charge in [-0.15, -0.1) is 0 Å². The number of aryl methyl sites for hydroxylation is 1. The van der Waals surface area contributed by atoms with Crippen LogP contribution in [-0.4, -0.2) is 40.3 Å². The van der Waals surface area contributed by atoms with Crippen molar-refractivity contribution in [2.45, 2.75) is 19.8 Å². The molecule has 0 aliphatic carbocycles. The Balaban J connectivity index is 1.79. The number of amides is 1. The lowest BCUT2D eigenvalue weighted by Crippen LogP contribution is -2.33. The minimum Gasteiger partial charge on any atom is -0.491 e. The van der Waals surface area contributed by atoms with Gasteiger partial charge in [-0.2, -0.15) is 0 Å². The highest BCUT2D eigenvalue weighted by Gasteiger charge is 2.18. The lowest BCUT2D eigenvalue weighted by atomic mass is 10.2. The molecule has 1 amide bonds. The van der Waals surface area contributed by atoms with Gasteiger partial charge < -0.3 is 10.1 Å². The first-order chi connectivity index (χ1) is 13.7. The fourth-order valence-corrected chi connectivity index (χ4v) is 3.80. The van der Waals surface area contributed by atoms with E-state index in [9.17, 15) is 17.6 Å². The maximum absolute atomic E-state index is 13.3. The van der Waals surface area contributed by atoms with Crippen LogP contribution >= 0.6 is 11.6 Å². The zero-order chi connectivity index (χ0) is 21.4. The maximum Gasteiger partial charge on any atom is 0.232 e. The van der Waals surface area contributed by atoms with Crippen LogP contribution in [0.2, 0.25) is 5.02 Å². The van der Waals surface area contributed by atoms with E-state index in [1.165, 1.54) is 12.1 Å². The molecule has 9 heteroatoms. The van der Waals surface area contributed by atoms with Gasteiger partial charge >= 0.3 is 0 Å². The predicted octanol–water partition coefficient (Wildman–Crippen LogP) is 3.53. The molecular weight excluding hydrogens is 419 g/mol. The van der Waals surface area contributed by atoms with Crippen molar-refractivity contribution in [3.8, 4) is 5.75 Å². The number of para-hydroxylation sites is 1. The SMILES string of the molecule is Cc1ccccc1OCCNC(=O)CCCN(c1ccc(F)c(Cl)c1)S(C)(=O)=O. The van der Waals surface area contributed by atoms with E-state index < -0.39 is 15.8 Å². The molecule has 0 aliphatic heterocycles. The number of anilines is 1. The predicted molar refractivity (Wildman–Crippen MR) is 113 cm³/mol. The second kappa shape index (κ2) is 10.5. The Morgan fingerprint density at radius 2 is 1.97 bits per heavy atom. The van der Waals surface area contributed by atoms with Crippen molar-refractivity contribution in [1.29, 1.82) is 0 Å². The Morgan fingerprint density at radius 3 is 2.62 bits per heavy atom.